The quantitative estimate of drug-likeness (QED) is 0.681. The number of halogens is 2. The zero-order valence-electron chi connectivity index (χ0n) is 10.4. The van der Waals surface area contributed by atoms with Crippen molar-refractivity contribution in [1.82, 2.24) is 4.90 Å². The molecule has 0 spiro atoms. The second-order valence-electron chi connectivity index (χ2n) is 4.57. The minimum absolute atomic E-state index is 0.603. The number of nitrogens with zero attached hydrogens (tertiary/aromatic N) is 2. The average Bonchev–Trinajstić information content (AvgIpc) is 3.16. The zero-order valence-corrected chi connectivity index (χ0v) is 12.7. The standard InChI is InChI=1S/C13H17BrClN3/c1-18(11-3-4-11)13(16)17-7-6-9-8-10(15)2-5-12(9)14/h2,5,8,11H,3-4,6-7H2,1H3,(H2,16,17). The largest absolute Gasteiger partial charge is 0.370 e. The van der Waals surface area contributed by atoms with Crippen LogP contribution in [0.4, 0.5) is 0 Å². The molecule has 1 saturated carbocycles. The first-order valence-electron chi connectivity index (χ1n) is 6.04. The third-order valence-corrected chi connectivity index (χ3v) is 4.13. The highest BCUT2D eigenvalue weighted by atomic mass is 79.9. The Kier molecular flexibility index (Phi) is 4.51. The highest BCUT2D eigenvalue weighted by molar-refractivity contribution is 9.10. The fourth-order valence-electron chi connectivity index (χ4n) is 1.79. The molecular formula is C13H17BrClN3. The highest BCUT2D eigenvalue weighted by Gasteiger charge is 2.27. The maximum atomic E-state index is 5.97. The number of hydrogen-bond acceptors (Lipinski definition) is 1. The van der Waals surface area contributed by atoms with Crippen molar-refractivity contribution >= 4 is 33.5 Å². The number of nitrogens with two attached hydrogens (primary N) is 1. The molecule has 0 aromatic heterocycles. The first-order valence-corrected chi connectivity index (χ1v) is 7.21. The molecule has 98 valence electrons. The Labute approximate surface area is 121 Å². The number of benzene rings is 1. The Morgan fingerprint density at radius 3 is 2.94 bits per heavy atom. The lowest BCUT2D eigenvalue weighted by Gasteiger charge is -2.16. The van der Waals surface area contributed by atoms with Crippen LogP contribution < -0.4 is 5.73 Å². The van der Waals surface area contributed by atoms with E-state index in [2.05, 4.69) is 25.8 Å². The molecule has 2 rings (SSSR count). The summed E-state index contributed by atoms with van der Waals surface area (Å²) in [7, 11) is 2.01. The van der Waals surface area contributed by atoms with Crippen molar-refractivity contribution in [2.45, 2.75) is 25.3 Å². The van der Waals surface area contributed by atoms with Gasteiger partial charge in [-0.1, -0.05) is 27.5 Å². The molecule has 3 nitrogen and oxygen atoms in total. The van der Waals surface area contributed by atoms with Gasteiger partial charge in [-0.05, 0) is 43.0 Å². The molecule has 2 N–H and O–H groups in total. The minimum atomic E-state index is 0.603. The van der Waals surface area contributed by atoms with Gasteiger partial charge in [0.05, 0.1) is 0 Å². The van der Waals surface area contributed by atoms with Crippen LogP contribution in [0.15, 0.2) is 27.7 Å². The van der Waals surface area contributed by atoms with Gasteiger partial charge in [-0.3, -0.25) is 4.99 Å². The summed E-state index contributed by atoms with van der Waals surface area (Å²) in [5.41, 5.74) is 7.09. The van der Waals surface area contributed by atoms with Crippen molar-refractivity contribution < 1.29 is 0 Å². The molecule has 0 heterocycles. The molecule has 1 aromatic carbocycles. The van der Waals surface area contributed by atoms with Crippen LogP contribution in [-0.4, -0.2) is 30.5 Å². The molecule has 1 aromatic rings. The third-order valence-electron chi connectivity index (χ3n) is 3.12. The SMILES string of the molecule is CN(C(N)=NCCc1cc(Cl)ccc1Br)C1CC1. The second-order valence-corrected chi connectivity index (χ2v) is 5.86. The lowest BCUT2D eigenvalue weighted by atomic mass is 10.1. The number of hydrogen-bond donors (Lipinski definition) is 1. The van der Waals surface area contributed by atoms with E-state index < -0.39 is 0 Å². The van der Waals surface area contributed by atoms with Gasteiger partial charge >= 0.3 is 0 Å². The van der Waals surface area contributed by atoms with E-state index in [1.165, 1.54) is 12.8 Å². The first kappa shape index (κ1) is 13.7. The molecule has 0 bridgehead atoms. The molecule has 0 saturated heterocycles. The summed E-state index contributed by atoms with van der Waals surface area (Å²) in [5.74, 6) is 0.635. The van der Waals surface area contributed by atoms with Gasteiger partial charge in [0.2, 0.25) is 0 Å². The van der Waals surface area contributed by atoms with Gasteiger partial charge in [-0.15, -0.1) is 0 Å². The predicted molar refractivity (Wildman–Crippen MR) is 80.1 cm³/mol. The van der Waals surface area contributed by atoms with E-state index >= 15 is 0 Å². The topological polar surface area (TPSA) is 41.6 Å². The van der Waals surface area contributed by atoms with E-state index in [4.69, 9.17) is 17.3 Å². The van der Waals surface area contributed by atoms with E-state index in [1.54, 1.807) is 0 Å². The van der Waals surface area contributed by atoms with Crippen LogP contribution in [0, 0.1) is 0 Å². The number of aliphatic imine (C=N–C) groups is 1. The van der Waals surface area contributed by atoms with Gasteiger partial charge in [0, 0.05) is 29.1 Å². The van der Waals surface area contributed by atoms with E-state index in [-0.39, 0.29) is 0 Å². The third kappa shape index (κ3) is 3.62. The lowest BCUT2D eigenvalue weighted by Crippen LogP contribution is -2.35. The van der Waals surface area contributed by atoms with Crippen LogP contribution in [0.3, 0.4) is 0 Å². The molecule has 1 fully saturated rings. The molecule has 18 heavy (non-hydrogen) atoms. The molecule has 0 unspecified atom stereocenters. The summed E-state index contributed by atoms with van der Waals surface area (Å²) in [4.78, 5) is 6.47. The molecule has 0 amide bonds. The summed E-state index contributed by atoms with van der Waals surface area (Å²) in [5, 5.41) is 0.750. The smallest absolute Gasteiger partial charge is 0.191 e. The van der Waals surface area contributed by atoms with Gasteiger partial charge in [0.25, 0.3) is 0 Å². The number of guanidine groups is 1. The summed E-state index contributed by atoms with van der Waals surface area (Å²) in [6.45, 7) is 0.682. The minimum Gasteiger partial charge on any atom is -0.370 e. The maximum absolute atomic E-state index is 5.97. The maximum Gasteiger partial charge on any atom is 0.191 e. The van der Waals surface area contributed by atoms with E-state index in [0.29, 0.717) is 18.5 Å². The Morgan fingerprint density at radius 1 is 1.56 bits per heavy atom. The van der Waals surface area contributed by atoms with Crippen LogP contribution in [0.25, 0.3) is 0 Å². The van der Waals surface area contributed by atoms with Gasteiger partial charge in [0.1, 0.15) is 0 Å². The molecule has 5 heteroatoms. The summed E-state index contributed by atoms with van der Waals surface area (Å²) in [6.07, 6.45) is 3.29. The zero-order chi connectivity index (χ0) is 13.1. The second kappa shape index (κ2) is 5.93. The van der Waals surface area contributed by atoms with Crippen molar-refractivity contribution in [1.29, 1.82) is 0 Å². The van der Waals surface area contributed by atoms with Crippen LogP contribution in [0.1, 0.15) is 18.4 Å². The van der Waals surface area contributed by atoms with Crippen LogP contribution >= 0.6 is 27.5 Å². The summed E-state index contributed by atoms with van der Waals surface area (Å²) in [6, 6.07) is 6.39. The van der Waals surface area contributed by atoms with Crippen molar-refractivity contribution in [3.63, 3.8) is 0 Å². The van der Waals surface area contributed by atoms with Gasteiger partial charge in [-0.25, -0.2) is 0 Å². The predicted octanol–water partition coefficient (Wildman–Crippen LogP) is 3.05. The van der Waals surface area contributed by atoms with Crippen LogP contribution in [-0.2, 0) is 6.42 Å². The molecule has 1 aliphatic rings. The van der Waals surface area contributed by atoms with Crippen molar-refractivity contribution in [2.24, 2.45) is 10.7 Å². The van der Waals surface area contributed by atoms with Gasteiger partial charge in [0.15, 0.2) is 5.96 Å². The Hall–Kier alpha value is -0.740. The van der Waals surface area contributed by atoms with Crippen molar-refractivity contribution in [3.05, 3.63) is 33.3 Å². The first-order chi connectivity index (χ1) is 8.58. The average molecular weight is 331 g/mol. The van der Waals surface area contributed by atoms with Gasteiger partial charge in [-0.2, -0.15) is 0 Å². The molecule has 0 aliphatic heterocycles. The summed E-state index contributed by atoms with van der Waals surface area (Å²) < 4.78 is 1.07. The van der Waals surface area contributed by atoms with Crippen LogP contribution in [0.5, 0.6) is 0 Å². The molecule has 0 radical (unpaired) electrons. The molecule has 0 atom stereocenters. The number of rotatable bonds is 4. The molecule has 1 aliphatic carbocycles. The molecular weight excluding hydrogens is 314 g/mol. The van der Waals surface area contributed by atoms with E-state index in [9.17, 15) is 0 Å². The fraction of sp³-hybridized carbons (Fsp3) is 0.462. The lowest BCUT2D eigenvalue weighted by molar-refractivity contribution is 0.487. The van der Waals surface area contributed by atoms with Crippen LogP contribution in [0.2, 0.25) is 5.02 Å². The Morgan fingerprint density at radius 2 is 2.28 bits per heavy atom. The highest BCUT2D eigenvalue weighted by Crippen LogP contribution is 2.25. The van der Waals surface area contributed by atoms with Gasteiger partial charge < -0.3 is 10.6 Å². The van der Waals surface area contributed by atoms with Crippen molar-refractivity contribution in [2.75, 3.05) is 13.6 Å². The summed E-state index contributed by atoms with van der Waals surface area (Å²) >= 11 is 9.48. The Balaban J connectivity index is 1.90. The fourth-order valence-corrected chi connectivity index (χ4v) is 2.43. The Bertz CT molecular complexity index is 458. The normalized spacial score (nSPS) is 15.8. The van der Waals surface area contributed by atoms with Crippen molar-refractivity contribution in [3.8, 4) is 0 Å². The van der Waals surface area contributed by atoms with E-state index in [1.807, 2.05) is 25.2 Å². The monoisotopic (exact) mass is 329 g/mol. The van der Waals surface area contributed by atoms with E-state index in [0.717, 1.165) is 21.5 Å².